The summed E-state index contributed by atoms with van der Waals surface area (Å²) in [7, 11) is 0. The Balaban J connectivity index is 0.00000289. The van der Waals surface area contributed by atoms with Gasteiger partial charge in [-0.1, -0.05) is 12.1 Å². The van der Waals surface area contributed by atoms with E-state index < -0.39 is 24.1 Å². The molecule has 1 atom stereocenters. The van der Waals surface area contributed by atoms with Gasteiger partial charge in [0.2, 0.25) is 5.91 Å². The minimum atomic E-state index is -4.81. The molecule has 0 saturated carbocycles. The standard InChI is InChI=1S/C10H11F3N2O2.ClH/c1-6(14)9(16)15-7-4-2-3-5-8(7)17-10(11,12)13;/h2-6H,14H2,1H3,(H,15,16);1H/t6-;/m0./s1. The van der Waals surface area contributed by atoms with E-state index in [4.69, 9.17) is 5.73 Å². The number of alkyl halides is 3. The van der Waals surface area contributed by atoms with E-state index in [0.29, 0.717) is 0 Å². The Morgan fingerprint density at radius 2 is 1.94 bits per heavy atom. The fraction of sp³-hybridized carbons (Fsp3) is 0.300. The Morgan fingerprint density at radius 1 is 1.39 bits per heavy atom. The molecule has 4 nitrogen and oxygen atoms in total. The maximum absolute atomic E-state index is 12.1. The van der Waals surface area contributed by atoms with E-state index >= 15 is 0 Å². The van der Waals surface area contributed by atoms with Crippen molar-refractivity contribution in [3.05, 3.63) is 24.3 Å². The van der Waals surface area contributed by atoms with Gasteiger partial charge in [-0.15, -0.1) is 25.6 Å². The quantitative estimate of drug-likeness (QED) is 0.895. The van der Waals surface area contributed by atoms with Gasteiger partial charge in [0.05, 0.1) is 11.7 Å². The number of benzene rings is 1. The summed E-state index contributed by atoms with van der Waals surface area (Å²) in [6, 6.07) is 4.41. The Kier molecular flexibility index (Phi) is 5.93. The third-order valence-corrected chi connectivity index (χ3v) is 1.78. The lowest BCUT2D eigenvalue weighted by molar-refractivity contribution is -0.274. The molecule has 0 bridgehead atoms. The summed E-state index contributed by atoms with van der Waals surface area (Å²) in [6.07, 6.45) is -4.81. The zero-order valence-electron chi connectivity index (χ0n) is 9.32. The number of nitrogens with one attached hydrogen (secondary N) is 1. The Labute approximate surface area is 108 Å². The van der Waals surface area contributed by atoms with Crippen molar-refractivity contribution in [3.63, 3.8) is 0 Å². The highest BCUT2D eigenvalue weighted by molar-refractivity contribution is 5.95. The van der Waals surface area contributed by atoms with Gasteiger partial charge >= 0.3 is 6.36 Å². The first-order valence-corrected chi connectivity index (χ1v) is 4.71. The van der Waals surface area contributed by atoms with Crippen LogP contribution in [0.15, 0.2) is 24.3 Å². The molecule has 0 saturated heterocycles. The molecule has 0 aromatic heterocycles. The summed E-state index contributed by atoms with van der Waals surface area (Å²) in [5.74, 6) is -1.07. The molecule has 0 unspecified atom stereocenters. The first kappa shape index (κ1) is 16.5. The normalized spacial score (nSPS) is 12.3. The molecule has 0 fully saturated rings. The van der Waals surface area contributed by atoms with Gasteiger partial charge in [0.1, 0.15) is 0 Å². The third-order valence-electron chi connectivity index (χ3n) is 1.78. The number of amides is 1. The van der Waals surface area contributed by atoms with Crippen LogP contribution < -0.4 is 15.8 Å². The van der Waals surface area contributed by atoms with Gasteiger partial charge in [0.25, 0.3) is 0 Å². The zero-order valence-corrected chi connectivity index (χ0v) is 10.1. The maximum atomic E-state index is 12.1. The second kappa shape index (κ2) is 6.46. The topological polar surface area (TPSA) is 64.4 Å². The minimum absolute atomic E-state index is 0. The van der Waals surface area contributed by atoms with Gasteiger partial charge in [-0.3, -0.25) is 4.79 Å². The lowest BCUT2D eigenvalue weighted by Crippen LogP contribution is -2.32. The third kappa shape index (κ3) is 5.24. The average molecular weight is 285 g/mol. The number of nitrogens with two attached hydrogens (primary N) is 1. The van der Waals surface area contributed by atoms with Crippen molar-refractivity contribution in [1.29, 1.82) is 0 Å². The molecule has 0 aliphatic carbocycles. The predicted molar refractivity (Wildman–Crippen MR) is 62.7 cm³/mol. The number of rotatable bonds is 3. The van der Waals surface area contributed by atoms with Crippen LogP contribution in [0.25, 0.3) is 0 Å². The molecule has 0 spiro atoms. The van der Waals surface area contributed by atoms with Crippen molar-refractivity contribution >= 4 is 24.0 Å². The van der Waals surface area contributed by atoms with Crippen molar-refractivity contribution in [2.24, 2.45) is 5.73 Å². The fourth-order valence-electron chi connectivity index (χ4n) is 1.03. The number of carbonyl (C=O) groups is 1. The molecule has 0 aliphatic heterocycles. The summed E-state index contributed by atoms with van der Waals surface area (Å²) in [5, 5.41) is 2.24. The van der Waals surface area contributed by atoms with Gasteiger partial charge in [0, 0.05) is 0 Å². The highest BCUT2D eigenvalue weighted by atomic mass is 35.5. The van der Waals surface area contributed by atoms with E-state index in [1.807, 2.05) is 0 Å². The number of halogens is 4. The summed E-state index contributed by atoms with van der Waals surface area (Å²) in [4.78, 5) is 11.3. The molecule has 0 heterocycles. The van der Waals surface area contributed by atoms with Crippen molar-refractivity contribution < 1.29 is 22.7 Å². The molecule has 102 valence electrons. The Morgan fingerprint density at radius 3 is 2.44 bits per heavy atom. The summed E-state index contributed by atoms with van der Waals surface area (Å²) in [6.45, 7) is 1.42. The number of para-hydroxylation sites is 2. The van der Waals surface area contributed by atoms with Gasteiger partial charge in [-0.25, -0.2) is 0 Å². The van der Waals surface area contributed by atoms with E-state index in [0.717, 1.165) is 6.07 Å². The number of hydrogen-bond acceptors (Lipinski definition) is 3. The SMILES string of the molecule is C[C@H](N)C(=O)Nc1ccccc1OC(F)(F)F.Cl. The fourth-order valence-corrected chi connectivity index (χ4v) is 1.03. The highest BCUT2D eigenvalue weighted by Crippen LogP contribution is 2.29. The molecule has 1 amide bonds. The van der Waals surface area contributed by atoms with Crippen molar-refractivity contribution in [2.45, 2.75) is 19.3 Å². The van der Waals surface area contributed by atoms with E-state index in [2.05, 4.69) is 10.1 Å². The molecule has 18 heavy (non-hydrogen) atoms. The lowest BCUT2D eigenvalue weighted by atomic mass is 10.2. The molecule has 8 heteroatoms. The van der Waals surface area contributed by atoms with Crippen LogP contribution in [0.4, 0.5) is 18.9 Å². The van der Waals surface area contributed by atoms with Crippen LogP contribution in [0.1, 0.15) is 6.92 Å². The van der Waals surface area contributed by atoms with E-state index in [-0.39, 0.29) is 18.1 Å². The van der Waals surface area contributed by atoms with Crippen molar-refractivity contribution in [1.82, 2.24) is 0 Å². The molecule has 0 radical (unpaired) electrons. The number of hydrogen-bond donors (Lipinski definition) is 2. The highest BCUT2D eigenvalue weighted by Gasteiger charge is 2.32. The summed E-state index contributed by atoms with van der Waals surface area (Å²) >= 11 is 0. The first-order valence-electron chi connectivity index (χ1n) is 4.71. The van der Waals surface area contributed by atoms with E-state index in [1.165, 1.54) is 25.1 Å². The van der Waals surface area contributed by atoms with Crippen LogP contribution in [0, 0.1) is 0 Å². The molecule has 1 aromatic carbocycles. The van der Waals surface area contributed by atoms with Crippen LogP contribution in [0.3, 0.4) is 0 Å². The number of anilines is 1. The van der Waals surface area contributed by atoms with Crippen molar-refractivity contribution in [3.8, 4) is 5.75 Å². The van der Waals surface area contributed by atoms with E-state index in [1.54, 1.807) is 0 Å². The van der Waals surface area contributed by atoms with Crippen LogP contribution in [-0.2, 0) is 4.79 Å². The summed E-state index contributed by atoms with van der Waals surface area (Å²) in [5.41, 5.74) is 5.21. The van der Waals surface area contributed by atoms with Crippen LogP contribution >= 0.6 is 12.4 Å². The van der Waals surface area contributed by atoms with Gasteiger partial charge in [-0.2, -0.15) is 0 Å². The molecular formula is C10H12ClF3N2O2. The molecular weight excluding hydrogens is 273 g/mol. The van der Waals surface area contributed by atoms with Crippen LogP contribution in [-0.4, -0.2) is 18.3 Å². The second-order valence-corrected chi connectivity index (χ2v) is 3.32. The second-order valence-electron chi connectivity index (χ2n) is 3.32. The summed E-state index contributed by atoms with van der Waals surface area (Å²) < 4.78 is 39.9. The van der Waals surface area contributed by atoms with Gasteiger partial charge < -0.3 is 15.8 Å². The minimum Gasteiger partial charge on any atom is -0.404 e. The average Bonchev–Trinajstić information content (AvgIpc) is 2.18. The largest absolute Gasteiger partial charge is 0.573 e. The van der Waals surface area contributed by atoms with Crippen LogP contribution in [0.5, 0.6) is 5.75 Å². The van der Waals surface area contributed by atoms with Gasteiger partial charge in [0.15, 0.2) is 5.75 Å². The van der Waals surface area contributed by atoms with Crippen LogP contribution in [0.2, 0.25) is 0 Å². The maximum Gasteiger partial charge on any atom is 0.573 e. The lowest BCUT2D eigenvalue weighted by Gasteiger charge is -2.14. The van der Waals surface area contributed by atoms with Crippen molar-refractivity contribution in [2.75, 3.05) is 5.32 Å². The predicted octanol–water partition coefficient (Wildman–Crippen LogP) is 2.29. The monoisotopic (exact) mass is 284 g/mol. The Bertz CT molecular complexity index is 410. The number of ether oxygens (including phenoxy) is 1. The Hall–Kier alpha value is -1.47. The smallest absolute Gasteiger partial charge is 0.404 e. The van der Waals surface area contributed by atoms with Gasteiger partial charge in [-0.05, 0) is 19.1 Å². The zero-order chi connectivity index (χ0) is 13.1. The molecule has 1 aromatic rings. The number of carbonyl (C=O) groups excluding carboxylic acids is 1. The molecule has 0 aliphatic rings. The van der Waals surface area contributed by atoms with E-state index in [9.17, 15) is 18.0 Å². The molecule has 3 N–H and O–H groups in total. The first-order chi connectivity index (χ1) is 7.79. The molecule has 1 rings (SSSR count).